The molecule has 75 valence electrons. The van der Waals surface area contributed by atoms with Gasteiger partial charge in [0.15, 0.2) is 0 Å². The maximum absolute atomic E-state index is 12.4. The molecule has 0 atom stereocenters. The maximum atomic E-state index is 12.4. The fraction of sp³-hybridized carbons (Fsp3) is 0.100. The molecule has 0 saturated carbocycles. The summed E-state index contributed by atoms with van der Waals surface area (Å²) in [6, 6.07) is 4.03. The third-order valence-corrected chi connectivity index (χ3v) is 2.30. The molecule has 0 saturated heterocycles. The molecule has 0 bridgehead atoms. The van der Waals surface area contributed by atoms with E-state index in [0.717, 1.165) is 6.07 Å². The molecule has 0 aliphatic carbocycles. The van der Waals surface area contributed by atoms with Gasteiger partial charge in [0.1, 0.15) is 0 Å². The monoisotopic (exact) mass is 263 g/mol. The van der Waals surface area contributed by atoms with Crippen molar-refractivity contribution >= 4 is 22.0 Å². The number of alkyl halides is 3. The van der Waals surface area contributed by atoms with E-state index in [1.54, 1.807) is 6.07 Å². The van der Waals surface area contributed by atoms with Crippen molar-refractivity contribution < 1.29 is 13.2 Å². The van der Waals surface area contributed by atoms with E-state index >= 15 is 0 Å². The van der Waals surface area contributed by atoms with Gasteiger partial charge >= 0.3 is 6.18 Å². The third-order valence-electron chi connectivity index (χ3n) is 1.61. The van der Waals surface area contributed by atoms with Crippen molar-refractivity contribution in [3.05, 3.63) is 46.8 Å². The second kappa shape index (κ2) is 4.17. The lowest BCUT2D eigenvalue weighted by molar-refractivity contribution is -0.138. The van der Waals surface area contributed by atoms with Crippen LogP contribution >= 0.6 is 15.9 Å². The number of hydrogen-bond acceptors (Lipinski definition) is 0. The highest BCUT2D eigenvalue weighted by Crippen LogP contribution is 2.35. The molecule has 0 fully saturated rings. The molecule has 0 amide bonds. The molecule has 1 radical (unpaired) electrons. The minimum atomic E-state index is -4.33. The molecule has 1 aromatic carbocycles. The highest BCUT2D eigenvalue weighted by atomic mass is 79.9. The van der Waals surface area contributed by atoms with Crippen LogP contribution in [0.25, 0.3) is 6.08 Å². The standard InChI is InChI=1S/C10H7BrF3/c1-2-3-7-4-5-9(11)8(6-7)10(12,13)14/h2-6H,1H2. The quantitative estimate of drug-likeness (QED) is 0.708. The van der Waals surface area contributed by atoms with Crippen LogP contribution in [-0.4, -0.2) is 0 Å². The Balaban J connectivity index is 3.22. The number of rotatable bonds is 1. The molecule has 1 rings (SSSR count). The van der Waals surface area contributed by atoms with Crippen LogP contribution in [0.2, 0.25) is 0 Å². The summed E-state index contributed by atoms with van der Waals surface area (Å²) in [6.07, 6.45) is -1.37. The molecule has 0 spiro atoms. The van der Waals surface area contributed by atoms with Gasteiger partial charge in [0, 0.05) is 4.47 Å². The van der Waals surface area contributed by atoms with Crippen molar-refractivity contribution in [1.82, 2.24) is 0 Å². The fourth-order valence-corrected chi connectivity index (χ4v) is 1.47. The number of hydrogen-bond donors (Lipinski definition) is 0. The molecule has 4 heteroatoms. The predicted molar refractivity (Wildman–Crippen MR) is 53.5 cm³/mol. The van der Waals surface area contributed by atoms with Crippen LogP contribution in [0.5, 0.6) is 0 Å². The molecular formula is C10H7BrF3. The summed E-state index contributed by atoms with van der Waals surface area (Å²) in [5.74, 6) is 0. The first-order chi connectivity index (χ1) is 6.45. The molecule has 0 aliphatic rings. The summed E-state index contributed by atoms with van der Waals surface area (Å²) in [4.78, 5) is 0. The topological polar surface area (TPSA) is 0 Å². The molecule has 0 unspecified atom stereocenters. The molecule has 14 heavy (non-hydrogen) atoms. The molecule has 1 aromatic rings. The Hall–Kier alpha value is -0.770. The first-order valence-corrected chi connectivity index (χ1v) is 4.57. The van der Waals surface area contributed by atoms with E-state index in [0.29, 0.717) is 5.56 Å². The Labute approximate surface area is 88.6 Å². The predicted octanol–water partition coefficient (Wildman–Crippen LogP) is 4.32. The normalized spacial score (nSPS) is 12.4. The zero-order valence-corrected chi connectivity index (χ0v) is 8.69. The highest BCUT2D eigenvalue weighted by molar-refractivity contribution is 9.10. The number of halogens is 4. The van der Waals surface area contributed by atoms with Gasteiger partial charge in [-0.1, -0.05) is 34.1 Å². The minimum absolute atomic E-state index is 0.0474. The Bertz CT molecular complexity index is 353. The summed E-state index contributed by atoms with van der Waals surface area (Å²) >= 11 is 2.86. The average molecular weight is 264 g/mol. The van der Waals surface area contributed by atoms with Crippen molar-refractivity contribution in [1.29, 1.82) is 0 Å². The van der Waals surface area contributed by atoms with E-state index in [-0.39, 0.29) is 4.47 Å². The zero-order chi connectivity index (χ0) is 10.8. The Morgan fingerprint density at radius 2 is 1.93 bits per heavy atom. The third kappa shape index (κ3) is 2.61. The average Bonchev–Trinajstić information content (AvgIpc) is 2.07. The van der Waals surface area contributed by atoms with Crippen LogP contribution in [0, 0.1) is 6.92 Å². The van der Waals surface area contributed by atoms with Crippen molar-refractivity contribution in [2.24, 2.45) is 0 Å². The SMILES string of the molecule is [CH2]C=Cc1ccc(Br)c(C(F)(F)F)c1. The van der Waals surface area contributed by atoms with Gasteiger partial charge in [-0.05, 0) is 24.6 Å². The van der Waals surface area contributed by atoms with Crippen LogP contribution in [-0.2, 0) is 6.18 Å². The first-order valence-electron chi connectivity index (χ1n) is 3.77. The van der Waals surface area contributed by atoms with E-state index in [4.69, 9.17) is 0 Å². The van der Waals surface area contributed by atoms with Crippen LogP contribution in [0.3, 0.4) is 0 Å². The molecule has 0 aromatic heterocycles. The van der Waals surface area contributed by atoms with Crippen molar-refractivity contribution in [3.8, 4) is 0 Å². The summed E-state index contributed by atoms with van der Waals surface area (Å²) < 4.78 is 37.2. The largest absolute Gasteiger partial charge is 0.417 e. The van der Waals surface area contributed by atoms with Crippen LogP contribution in [0.1, 0.15) is 11.1 Å². The molecule has 0 aliphatic heterocycles. The van der Waals surface area contributed by atoms with Crippen molar-refractivity contribution in [2.45, 2.75) is 6.18 Å². The number of allylic oxidation sites excluding steroid dienone is 1. The Morgan fingerprint density at radius 1 is 1.29 bits per heavy atom. The summed E-state index contributed by atoms with van der Waals surface area (Å²) in [5, 5.41) is 0. The minimum Gasteiger partial charge on any atom is -0.166 e. The second-order valence-corrected chi connectivity index (χ2v) is 3.49. The fourth-order valence-electron chi connectivity index (χ4n) is 1.000. The van der Waals surface area contributed by atoms with E-state index in [1.807, 2.05) is 0 Å². The zero-order valence-electron chi connectivity index (χ0n) is 7.11. The summed E-state index contributed by atoms with van der Waals surface area (Å²) in [5.41, 5.74) is -0.191. The summed E-state index contributed by atoms with van der Waals surface area (Å²) in [7, 11) is 0. The molecular weight excluding hydrogens is 257 g/mol. The van der Waals surface area contributed by atoms with E-state index in [1.165, 1.54) is 18.2 Å². The number of benzene rings is 1. The lowest BCUT2D eigenvalue weighted by atomic mass is 10.1. The van der Waals surface area contributed by atoms with Gasteiger partial charge < -0.3 is 0 Å². The molecule has 0 heterocycles. The van der Waals surface area contributed by atoms with E-state index < -0.39 is 11.7 Å². The highest BCUT2D eigenvalue weighted by Gasteiger charge is 2.32. The van der Waals surface area contributed by atoms with E-state index in [2.05, 4.69) is 22.9 Å². The van der Waals surface area contributed by atoms with Gasteiger partial charge in [-0.2, -0.15) is 13.2 Å². The maximum Gasteiger partial charge on any atom is 0.417 e. The second-order valence-electron chi connectivity index (χ2n) is 2.64. The lowest BCUT2D eigenvalue weighted by Gasteiger charge is -2.09. The molecule has 0 N–H and O–H groups in total. The lowest BCUT2D eigenvalue weighted by Crippen LogP contribution is -2.06. The van der Waals surface area contributed by atoms with Gasteiger partial charge in [0.2, 0.25) is 0 Å². The first kappa shape index (κ1) is 11.3. The van der Waals surface area contributed by atoms with Crippen molar-refractivity contribution in [2.75, 3.05) is 0 Å². The molecule has 0 nitrogen and oxygen atoms in total. The summed E-state index contributed by atoms with van der Waals surface area (Å²) in [6.45, 7) is 3.42. The van der Waals surface area contributed by atoms with Gasteiger partial charge in [-0.3, -0.25) is 0 Å². The smallest absolute Gasteiger partial charge is 0.166 e. The Kier molecular flexibility index (Phi) is 3.37. The van der Waals surface area contributed by atoms with Crippen LogP contribution in [0.4, 0.5) is 13.2 Å². The van der Waals surface area contributed by atoms with E-state index in [9.17, 15) is 13.2 Å². The Morgan fingerprint density at radius 3 is 2.43 bits per heavy atom. The van der Waals surface area contributed by atoms with Crippen LogP contribution in [0.15, 0.2) is 28.7 Å². The van der Waals surface area contributed by atoms with Crippen molar-refractivity contribution in [3.63, 3.8) is 0 Å². The van der Waals surface area contributed by atoms with Gasteiger partial charge in [0.25, 0.3) is 0 Å². The van der Waals surface area contributed by atoms with Gasteiger partial charge in [-0.25, -0.2) is 0 Å². The van der Waals surface area contributed by atoms with Crippen LogP contribution < -0.4 is 0 Å². The van der Waals surface area contributed by atoms with Gasteiger partial charge in [0.05, 0.1) is 5.56 Å². The van der Waals surface area contributed by atoms with Gasteiger partial charge in [-0.15, -0.1) is 0 Å².